The van der Waals surface area contributed by atoms with E-state index in [0.717, 1.165) is 23.3 Å². The summed E-state index contributed by atoms with van der Waals surface area (Å²) in [6, 6.07) is 17.3. The highest BCUT2D eigenvalue weighted by Gasteiger charge is 2.26. The van der Waals surface area contributed by atoms with Crippen molar-refractivity contribution in [1.29, 1.82) is 0 Å². The minimum Gasteiger partial charge on any atom is -0.438 e. The Morgan fingerprint density at radius 2 is 1.74 bits per heavy atom. The lowest BCUT2D eigenvalue weighted by molar-refractivity contribution is -0.103. The second kappa shape index (κ2) is 4.61. The molecule has 3 nitrogen and oxygen atoms in total. The van der Waals surface area contributed by atoms with Gasteiger partial charge in [-0.3, -0.25) is 4.79 Å². The number of ether oxygens (including phenoxy) is 1. The number of aldehydes is 1. The van der Waals surface area contributed by atoms with Crippen molar-refractivity contribution in [2.45, 2.75) is 0 Å². The van der Waals surface area contributed by atoms with Gasteiger partial charge in [-0.25, -0.2) is 0 Å². The quantitative estimate of drug-likeness (QED) is 0.607. The van der Waals surface area contributed by atoms with Crippen LogP contribution in [0.15, 0.2) is 60.5 Å². The SMILES string of the molecule is CN1/C(=C(\C=O)c2ccccc2)Oc2ccccc21. The van der Waals surface area contributed by atoms with Gasteiger partial charge in [0.15, 0.2) is 12.0 Å². The Morgan fingerprint density at radius 3 is 2.42 bits per heavy atom. The lowest BCUT2D eigenvalue weighted by Gasteiger charge is -2.13. The largest absolute Gasteiger partial charge is 0.438 e. The number of anilines is 1. The van der Waals surface area contributed by atoms with E-state index in [4.69, 9.17) is 4.74 Å². The van der Waals surface area contributed by atoms with Gasteiger partial charge in [-0.1, -0.05) is 42.5 Å². The summed E-state index contributed by atoms with van der Waals surface area (Å²) in [5.41, 5.74) is 2.37. The van der Waals surface area contributed by atoms with Crippen molar-refractivity contribution in [3.05, 3.63) is 66.0 Å². The number of hydrogen-bond donors (Lipinski definition) is 0. The third-order valence-corrected chi connectivity index (χ3v) is 3.17. The summed E-state index contributed by atoms with van der Waals surface area (Å²) >= 11 is 0. The molecule has 0 amide bonds. The Labute approximate surface area is 111 Å². The molecule has 2 aromatic carbocycles. The van der Waals surface area contributed by atoms with Gasteiger partial charge < -0.3 is 9.64 Å². The fraction of sp³-hybridized carbons (Fsp3) is 0.0625. The number of carbonyl (C=O) groups excluding carboxylic acids is 1. The van der Waals surface area contributed by atoms with Crippen molar-refractivity contribution < 1.29 is 9.53 Å². The zero-order valence-corrected chi connectivity index (χ0v) is 10.5. The summed E-state index contributed by atoms with van der Waals surface area (Å²) in [5, 5.41) is 0. The first kappa shape index (κ1) is 11.5. The van der Waals surface area contributed by atoms with Crippen LogP contribution in [0.5, 0.6) is 5.75 Å². The van der Waals surface area contributed by atoms with E-state index < -0.39 is 0 Å². The van der Waals surface area contributed by atoms with E-state index in [9.17, 15) is 4.79 Å². The lowest BCUT2D eigenvalue weighted by atomic mass is 10.1. The lowest BCUT2D eigenvalue weighted by Crippen LogP contribution is -2.16. The molecule has 3 heteroatoms. The number of benzene rings is 2. The van der Waals surface area contributed by atoms with Crippen molar-refractivity contribution >= 4 is 17.5 Å². The van der Waals surface area contributed by atoms with E-state index in [-0.39, 0.29) is 0 Å². The molecule has 0 bridgehead atoms. The summed E-state index contributed by atoms with van der Waals surface area (Å²) in [4.78, 5) is 13.3. The van der Waals surface area contributed by atoms with E-state index in [2.05, 4.69) is 0 Å². The number of nitrogens with zero attached hydrogens (tertiary/aromatic N) is 1. The van der Waals surface area contributed by atoms with E-state index in [1.165, 1.54) is 0 Å². The van der Waals surface area contributed by atoms with Crippen molar-refractivity contribution in [1.82, 2.24) is 0 Å². The smallest absolute Gasteiger partial charge is 0.211 e. The number of rotatable bonds is 2. The van der Waals surface area contributed by atoms with Crippen LogP contribution in [0.25, 0.3) is 5.57 Å². The average Bonchev–Trinajstić information content (AvgIpc) is 2.79. The Kier molecular flexibility index (Phi) is 2.80. The zero-order valence-electron chi connectivity index (χ0n) is 10.5. The molecule has 0 atom stereocenters. The number of fused-ring (bicyclic) bond motifs is 1. The normalized spacial score (nSPS) is 15.7. The molecule has 2 aromatic rings. The third kappa shape index (κ3) is 1.89. The van der Waals surface area contributed by atoms with Crippen LogP contribution in [0.1, 0.15) is 5.56 Å². The summed E-state index contributed by atoms with van der Waals surface area (Å²) in [6.45, 7) is 0. The molecule has 0 aromatic heterocycles. The number of allylic oxidation sites excluding steroid dienone is 1. The van der Waals surface area contributed by atoms with E-state index in [1.54, 1.807) is 0 Å². The molecule has 0 N–H and O–H groups in total. The van der Waals surface area contributed by atoms with Crippen LogP contribution in [0.2, 0.25) is 0 Å². The summed E-state index contributed by atoms with van der Waals surface area (Å²) in [6.07, 6.45) is 0.840. The minimum absolute atomic E-state index is 0.555. The van der Waals surface area contributed by atoms with Crippen LogP contribution in [-0.2, 0) is 4.79 Å². The standard InChI is InChI=1S/C16H13NO2/c1-17-14-9-5-6-10-15(14)19-16(17)13(11-18)12-7-3-2-4-8-12/h2-11H,1H3/b16-13-. The summed E-state index contributed by atoms with van der Waals surface area (Å²) in [5.74, 6) is 1.35. The molecule has 0 saturated carbocycles. The van der Waals surface area contributed by atoms with Gasteiger partial charge in [-0.2, -0.15) is 0 Å². The number of hydrogen-bond acceptors (Lipinski definition) is 3. The predicted octanol–water partition coefficient (Wildman–Crippen LogP) is 3.08. The van der Waals surface area contributed by atoms with Gasteiger partial charge in [-0.05, 0) is 17.7 Å². The summed E-state index contributed by atoms with van der Waals surface area (Å²) in [7, 11) is 1.90. The molecule has 1 aliphatic rings. The van der Waals surface area contributed by atoms with Gasteiger partial charge in [0, 0.05) is 7.05 Å². The predicted molar refractivity (Wildman–Crippen MR) is 74.9 cm³/mol. The van der Waals surface area contributed by atoms with Crippen LogP contribution in [0, 0.1) is 0 Å². The van der Waals surface area contributed by atoms with Crippen molar-refractivity contribution in [2.24, 2.45) is 0 Å². The van der Waals surface area contributed by atoms with Gasteiger partial charge in [0.2, 0.25) is 5.88 Å². The van der Waals surface area contributed by atoms with Gasteiger partial charge in [0.1, 0.15) is 0 Å². The highest BCUT2D eigenvalue weighted by atomic mass is 16.5. The van der Waals surface area contributed by atoms with E-state index in [1.807, 2.05) is 66.5 Å². The maximum absolute atomic E-state index is 11.4. The fourth-order valence-electron chi connectivity index (χ4n) is 2.20. The number of carbonyl (C=O) groups is 1. The van der Waals surface area contributed by atoms with Crippen LogP contribution in [0.3, 0.4) is 0 Å². The highest BCUT2D eigenvalue weighted by Crippen LogP contribution is 2.39. The van der Waals surface area contributed by atoms with Crippen molar-refractivity contribution in [3.63, 3.8) is 0 Å². The Morgan fingerprint density at radius 1 is 1.05 bits per heavy atom. The second-order valence-corrected chi connectivity index (χ2v) is 4.33. The Hall–Kier alpha value is -2.55. The first-order valence-corrected chi connectivity index (χ1v) is 6.07. The minimum atomic E-state index is 0.555. The fourth-order valence-corrected chi connectivity index (χ4v) is 2.20. The van der Waals surface area contributed by atoms with Gasteiger partial charge in [-0.15, -0.1) is 0 Å². The topological polar surface area (TPSA) is 29.5 Å². The summed E-state index contributed by atoms with van der Waals surface area (Å²) < 4.78 is 5.80. The van der Waals surface area contributed by atoms with Crippen LogP contribution >= 0.6 is 0 Å². The maximum Gasteiger partial charge on any atom is 0.211 e. The van der Waals surface area contributed by atoms with E-state index >= 15 is 0 Å². The monoisotopic (exact) mass is 251 g/mol. The van der Waals surface area contributed by atoms with Crippen LogP contribution < -0.4 is 9.64 Å². The molecule has 0 fully saturated rings. The molecule has 0 aliphatic carbocycles. The first-order valence-electron chi connectivity index (χ1n) is 6.07. The average molecular weight is 251 g/mol. The first-order chi connectivity index (χ1) is 9.31. The van der Waals surface area contributed by atoms with Gasteiger partial charge in [0.05, 0.1) is 11.3 Å². The highest BCUT2D eigenvalue weighted by molar-refractivity contribution is 6.09. The molecule has 94 valence electrons. The molecule has 0 radical (unpaired) electrons. The Bertz CT molecular complexity index is 647. The second-order valence-electron chi connectivity index (χ2n) is 4.33. The molecule has 0 spiro atoms. The zero-order chi connectivity index (χ0) is 13.2. The third-order valence-electron chi connectivity index (χ3n) is 3.17. The van der Waals surface area contributed by atoms with Gasteiger partial charge >= 0.3 is 0 Å². The van der Waals surface area contributed by atoms with Crippen LogP contribution in [0.4, 0.5) is 5.69 Å². The van der Waals surface area contributed by atoms with Crippen molar-refractivity contribution in [3.8, 4) is 5.75 Å². The molecule has 19 heavy (non-hydrogen) atoms. The molecule has 0 unspecified atom stereocenters. The van der Waals surface area contributed by atoms with Crippen molar-refractivity contribution in [2.75, 3.05) is 11.9 Å². The number of para-hydroxylation sites is 2. The molecule has 1 aliphatic heterocycles. The van der Waals surface area contributed by atoms with Gasteiger partial charge in [0.25, 0.3) is 0 Å². The molecule has 3 rings (SSSR count). The van der Waals surface area contributed by atoms with E-state index in [0.29, 0.717) is 11.5 Å². The molecular weight excluding hydrogens is 238 g/mol. The molecule has 0 saturated heterocycles. The van der Waals surface area contributed by atoms with Crippen LogP contribution in [-0.4, -0.2) is 13.3 Å². The maximum atomic E-state index is 11.4. The molecular formula is C16H13NO2. The molecule has 1 heterocycles. The Balaban J connectivity index is 2.11.